The highest BCUT2D eigenvalue weighted by Crippen LogP contribution is 2.24. The maximum absolute atomic E-state index is 13.8. The van der Waals surface area contributed by atoms with Crippen molar-refractivity contribution in [2.45, 2.75) is 13.1 Å². The average molecular weight is 528 g/mol. The van der Waals surface area contributed by atoms with Crippen molar-refractivity contribution in [2.75, 3.05) is 18.5 Å². The van der Waals surface area contributed by atoms with Crippen LogP contribution in [0.5, 0.6) is 11.6 Å². The molecule has 0 fully saturated rings. The number of ether oxygens (including phenoxy) is 1. The molecule has 0 spiro atoms. The maximum Gasteiger partial charge on any atom is 0.354 e. The number of aliphatic hydroxyl groups is 2. The number of nitrogens with one attached hydrogen (secondary N) is 1. The van der Waals surface area contributed by atoms with E-state index in [1.807, 2.05) is 0 Å². The molecule has 4 aromatic rings. The van der Waals surface area contributed by atoms with Crippen molar-refractivity contribution in [1.29, 1.82) is 0 Å². The van der Waals surface area contributed by atoms with Gasteiger partial charge in [0, 0.05) is 42.6 Å². The first-order valence-corrected chi connectivity index (χ1v) is 11.6. The number of aliphatic hydroxyl groups excluding tert-OH is 2. The van der Waals surface area contributed by atoms with Gasteiger partial charge in [-0.2, -0.15) is 4.98 Å². The maximum atomic E-state index is 13.8. The molecule has 0 aliphatic rings. The molecular weight excluding hydrogens is 505 g/mol. The summed E-state index contributed by atoms with van der Waals surface area (Å²) >= 11 is 5.97. The quantitative estimate of drug-likeness (QED) is 0.287. The first-order chi connectivity index (χ1) is 17.9. The van der Waals surface area contributed by atoms with E-state index in [0.29, 0.717) is 16.5 Å². The molecule has 0 radical (unpaired) electrons. The smallest absolute Gasteiger partial charge is 0.354 e. The molecule has 10 nitrogen and oxygen atoms in total. The second-order valence-corrected chi connectivity index (χ2v) is 8.53. The molecule has 0 amide bonds. The second-order valence-electron chi connectivity index (χ2n) is 8.10. The number of aromatic nitrogens is 4. The zero-order chi connectivity index (χ0) is 26.4. The third-order valence-electron chi connectivity index (χ3n) is 5.41. The predicted octanol–water partition coefficient (Wildman–Crippen LogP) is 2.78. The Morgan fingerprint density at radius 2 is 1.70 bits per heavy atom. The van der Waals surface area contributed by atoms with Crippen LogP contribution in [-0.4, -0.2) is 42.5 Å². The fourth-order valence-electron chi connectivity index (χ4n) is 3.42. The molecule has 2 heterocycles. The van der Waals surface area contributed by atoms with Crippen LogP contribution in [0, 0.1) is 11.7 Å². The Bertz CT molecular complexity index is 1470. The van der Waals surface area contributed by atoms with E-state index in [1.54, 1.807) is 48.5 Å². The minimum absolute atomic E-state index is 0.0183. The molecule has 0 saturated carbocycles. The first kappa shape index (κ1) is 26.0. The summed E-state index contributed by atoms with van der Waals surface area (Å²) in [5.41, 5.74) is -0.304. The Morgan fingerprint density at radius 3 is 2.35 bits per heavy atom. The number of halogens is 2. The van der Waals surface area contributed by atoms with Crippen LogP contribution in [-0.2, 0) is 13.1 Å². The van der Waals surface area contributed by atoms with E-state index < -0.39 is 36.3 Å². The lowest BCUT2D eigenvalue weighted by Gasteiger charge is -2.17. The average Bonchev–Trinajstić information content (AvgIpc) is 2.90. The van der Waals surface area contributed by atoms with Crippen molar-refractivity contribution in [2.24, 2.45) is 5.92 Å². The highest BCUT2D eigenvalue weighted by atomic mass is 35.5. The molecule has 0 bridgehead atoms. The zero-order valence-electron chi connectivity index (χ0n) is 19.4. The van der Waals surface area contributed by atoms with Gasteiger partial charge in [0.1, 0.15) is 5.75 Å². The van der Waals surface area contributed by atoms with Crippen molar-refractivity contribution in [1.82, 2.24) is 19.1 Å². The van der Waals surface area contributed by atoms with Gasteiger partial charge in [0.05, 0.1) is 6.54 Å². The van der Waals surface area contributed by atoms with Gasteiger partial charge >= 0.3 is 11.4 Å². The van der Waals surface area contributed by atoms with E-state index in [1.165, 1.54) is 22.9 Å². The van der Waals surface area contributed by atoms with E-state index in [4.69, 9.17) is 16.3 Å². The van der Waals surface area contributed by atoms with Crippen LogP contribution in [0.4, 0.5) is 16.0 Å². The van der Waals surface area contributed by atoms with Crippen LogP contribution in [0.15, 0.2) is 76.4 Å². The van der Waals surface area contributed by atoms with E-state index in [9.17, 15) is 24.2 Å². The van der Waals surface area contributed by atoms with Crippen molar-refractivity contribution in [3.63, 3.8) is 0 Å². The van der Waals surface area contributed by atoms with Crippen molar-refractivity contribution in [3.05, 3.63) is 104 Å². The van der Waals surface area contributed by atoms with Crippen LogP contribution in [0.1, 0.15) is 5.56 Å². The number of rotatable bonds is 10. The van der Waals surface area contributed by atoms with Crippen LogP contribution in [0.25, 0.3) is 0 Å². The summed E-state index contributed by atoms with van der Waals surface area (Å²) in [6.07, 6.45) is 1.41. The fourth-order valence-corrected chi connectivity index (χ4v) is 3.55. The normalized spacial score (nSPS) is 11.1. The molecule has 0 saturated heterocycles. The standard InChI is InChI=1S/C25H23ClFN5O5/c26-18-5-3-16(4-6-18)12-31-23(30-24(35)32(25(31)36)13-17(14-33)15-34)29-19-7-9-20(10-8-19)37-22-21(27)2-1-11-28-22/h1-11,17,33-34H,12-15H2,(H,29,30,35). The number of hydrogen-bond donors (Lipinski definition) is 3. The molecule has 2 aromatic heterocycles. The third kappa shape index (κ3) is 6.39. The molecule has 3 N–H and O–H groups in total. The highest BCUT2D eigenvalue weighted by Gasteiger charge is 2.17. The molecule has 4 rings (SSSR count). The topological polar surface area (TPSA) is 132 Å². The number of pyridine rings is 1. The largest absolute Gasteiger partial charge is 0.436 e. The third-order valence-corrected chi connectivity index (χ3v) is 5.66. The minimum Gasteiger partial charge on any atom is -0.436 e. The van der Waals surface area contributed by atoms with Crippen LogP contribution in [0.2, 0.25) is 5.02 Å². The van der Waals surface area contributed by atoms with Gasteiger partial charge in [-0.3, -0.25) is 4.57 Å². The summed E-state index contributed by atoms with van der Waals surface area (Å²) in [6.45, 7) is -0.948. The summed E-state index contributed by atoms with van der Waals surface area (Å²) in [4.78, 5) is 33.9. The van der Waals surface area contributed by atoms with Gasteiger partial charge < -0.3 is 20.3 Å². The van der Waals surface area contributed by atoms with E-state index in [-0.39, 0.29) is 24.9 Å². The van der Waals surface area contributed by atoms with Gasteiger partial charge in [0.2, 0.25) is 5.95 Å². The van der Waals surface area contributed by atoms with Gasteiger partial charge in [-0.05, 0) is 54.1 Å². The molecule has 37 heavy (non-hydrogen) atoms. The lowest BCUT2D eigenvalue weighted by molar-refractivity contribution is 0.134. The van der Waals surface area contributed by atoms with Gasteiger partial charge in [-0.1, -0.05) is 23.7 Å². The SMILES string of the molecule is O=c1nc(Nc2ccc(Oc3ncccc3F)cc2)n(Cc2ccc(Cl)cc2)c(=O)n1CC(CO)CO. The van der Waals surface area contributed by atoms with Gasteiger partial charge in [-0.15, -0.1) is 0 Å². The monoisotopic (exact) mass is 527 g/mol. The fraction of sp³-hybridized carbons (Fsp3) is 0.200. The lowest BCUT2D eigenvalue weighted by Crippen LogP contribution is -2.44. The van der Waals surface area contributed by atoms with Gasteiger partial charge in [0.15, 0.2) is 5.82 Å². The van der Waals surface area contributed by atoms with Crippen LogP contribution >= 0.6 is 11.6 Å². The number of benzene rings is 2. The van der Waals surface area contributed by atoms with E-state index in [2.05, 4.69) is 15.3 Å². The van der Waals surface area contributed by atoms with Crippen LogP contribution < -0.4 is 21.4 Å². The Hall–Kier alpha value is -4.06. The van der Waals surface area contributed by atoms with Crippen molar-refractivity contribution >= 4 is 23.2 Å². The molecule has 0 unspecified atom stereocenters. The Labute approximate surface area is 215 Å². The van der Waals surface area contributed by atoms with Gasteiger partial charge in [-0.25, -0.2) is 23.5 Å². The molecule has 2 aromatic carbocycles. The molecule has 192 valence electrons. The Kier molecular flexibility index (Phi) is 8.29. The number of anilines is 2. The lowest BCUT2D eigenvalue weighted by atomic mass is 10.2. The van der Waals surface area contributed by atoms with Crippen LogP contribution in [0.3, 0.4) is 0 Å². The number of hydrogen-bond acceptors (Lipinski definition) is 8. The minimum atomic E-state index is -0.836. The Balaban J connectivity index is 1.66. The highest BCUT2D eigenvalue weighted by molar-refractivity contribution is 6.30. The predicted molar refractivity (Wildman–Crippen MR) is 135 cm³/mol. The van der Waals surface area contributed by atoms with Crippen molar-refractivity contribution in [3.8, 4) is 11.6 Å². The summed E-state index contributed by atoms with van der Waals surface area (Å²) in [7, 11) is 0. The zero-order valence-corrected chi connectivity index (χ0v) is 20.2. The molecule has 12 heteroatoms. The summed E-state index contributed by atoms with van der Waals surface area (Å²) < 4.78 is 21.4. The molecule has 0 aliphatic heterocycles. The van der Waals surface area contributed by atoms with E-state index >= 15 is 0 Å². The summed E-state index contributed by atoms with van der Waals surface area (Å²) in [5.74, 6) is -1.18. The first-order valence-electron chi connectivity index (χ1n) is 11.2. The van der Waals surface area contributed by atoms with Gasteiger partial charge in [0.25, 0.3) is 5.88 Å². The summed E-state index contributed by atoms with van der Waals surface area (Å²) in [6, 6.07) is 15.8. The Morgan fingerprint density at radius 1 is 1.00 bits per heavy atom. The molecule has 0 atom stereocenters. The van der Waals surface area contributed by atoms with E-state index in [0.717, 1.165) is 10.1 Å². The molecule has 0 aliphatic carbocycles. The second kappa shape index (κ2) is 11.8. The molecular formula is C25H23ClFN5O5. The number of nitrogens with zero attached hydrogens (tertiary/aromatic N) is 4. The van der Waals surface area contributed by atoms with Crippen molar-refractivity contribution < 1.29 is 19.3 Å². The summed E-state index contributed by atoms with van der Waals surface area (Å²) in [5, 5.41) is 22.3.